The lowest BCUT2D eigenvalue weighted by Crippen LogP contribution is -2.24. The van der Waals surface area contributed by atoms with Crippen LogP contribution in [0.2, 0.25) is 0 Å². The van der Waals surface area contributed by atoms with E-state index in [-0.39, 0.29) is 11.9 Å². The molecule has 1 N–H and O–H groups in total. The summed E-state index contributed by atoms with van der Waals surface area (Å²) in [5, 5.41) is 5.68. The molecular weight excluding hydrogens is 465 g/mol. The predicted molar refractivity (Wildman–Crippen MR) is 116 cm³/mol. The number of halogens is 7. The van der Waals surface area contributed by atoms with Gasteiger partial charge in [-0.25, -0.2) is 4.39 Å². The molecule has 0 heterocycles. The minimum Gasteiger partial charge on any atom is -0.319 e. The number of rotatable bonds is 5. The van der Waals surface area contributed by atoms with Gasteiger partial charge >= 0.3 is 12.4 Å². The Balaban J connectivity index is 0.000000241. The summed E-state index contributed by atoms with van der Waals surface area (Å²) < 4.78 is 87.4. The van der Waals surface area contributed by atoms with Gasteiger partial charge in [0.15, 0.2) is 0 Å². The topological polar surface area (TPSA) is 41.5 Å². The van der Waals surface area contributed by atoms with Gasteiger partial charge in [0.1, 0.15) is 11.9 Å². The Bertz CT molecular complexity index is 892. The molecule has 0 radical (unpaired) electrons. The molecule has 1 saturated carbocycles. The third-order valence-corrected chi connectivity index (χ3v) is 5.87. The highest BCUT2D eigenvalue weighted by molar-refractivity contribution is 5.35. The molecule has 3 atom stereocenters. The van der Waals surface area contributed by atoms with E-state index >= 15 is 0 Å². The van der Waals surface area contributed by atoms with E-state index in [2.05, 4.69) is 10.5 Å². The largest absolute Gasteiger partial charge is 0.416 e. The summed E-state index contributed by atoms with van der Waals surface area (Å²) >= 11 is 0. The van der Waals surface area contributed by atoms with Crippen LogP contribution in [-0.4, -0.2) is 13.6 Å². The molecule has 0 spiro atoms. The summed E-state index contributed by atoms with van der Waals surface area (Å²) in [7, 11) is 2.02. The maximum atomic E-state index is 12.8. The highest BCUT2D eigenvalue weighted by atomic mass is 19.4. The molecule has 0 bridgehead atoms. The van der Waals surface area contributed by atoms with Crippen molar-refractivity contribution in [3.05, 3.63) is 75.4 Å². The summed E-state index contributed by atoms with van der Waals surface area (Å²) in [4.78, 5) is 10.2. The molecule has 3 rings (SSSR count). The van der Waals surface area contributed by atoms with Gasteiger partial charge in [-0.15, -0.1) is 0 Å². The van der Waals surface area contributed by atoms with Crippen molar-refractivity contribution in [2.45, 2.75) is 56.9 Å². The summed E-state index contributed by atoms with van der Waals surface area (Å²) in [5.41, 5.74) is -2.03. The van der Waals surface area contributed by atoms with Gasteiger partial charge < -0.3 is 5.32 Å². The van der Waals surface area contributed by atoms with Crippen LogP contribution >= 0.6 is 0 Å². The molecule has 2 aromatic rings. The second kappa shape index (κ2) is 11.8. The normalized spacial score (nSPS) is 19.7. The van der Waals surface area contributed by atoms with Gasteiger partial charge in [-0.1, -0.05) is 23.7 Å². The molecule has 3 nitrogen and oxygen atoms in total. The smallest absolute Gasteiger partial charge is 0.319 e. The number of nitrogens with one attached hydrogen (secondary N) is 1. The fraction of sp³-hybridized carbons (Fsp3) is 0.500. The Kier molecular flexibility index (Phi) is 9.61. The number of hydrogen-bond donors (Lipinski definition) is 1. The highest BCUT2D eigenvalue weighted by Gasteiger charge is 2.37. The van der Waals surface area contributed by atoms with Gasteiger partial charge in [-0.2, -0.15) is 31.2 Å². The van der Waals surface area contributed by atoms with Crippen molar-refractivity contribution < 1.29 is 30.7 Å². The van der Waals surface area contributed by atoms with Gasteiger partial charge in [-0.3, -0.25) is 0 Å². The average molecular weight is 492 g/mol. The quantitative estimate of drug-likeness (QED) is 0.341. The van der Waals surface area contributed by atoms with Crippen LogP contribution in [0, 0.1) is 16.6 Å². The molecule has 0 aliphatic heterocycles. The first-order chi connectivity index (χ1) is 15.8. The maximum absolute atomic E-state index is 12.8. The van der Waals surface area contributed by atoms with Crippen LogP contribution < -0.4 is 5.32 Å². The Labute approximate surface area is 193 Å². The summed E-state index contributed by atoms with van der Waals surface area (Å²) in [6.07, 6.45) is -4.71. The first kappa shape index (κ1) is 27.8. The zero-order chi connectivity index (χ0) is 25.5. The van der Waals surface area contributed by atoms with Crippen molar-refractivity contribution >= 4 is 0 Å². The third kappa shape index (κ3) is 8.07. The lowest BCUT2D eigenvalue weighted by Gasteiger charge is -2.29. The van der Waals surface area contributed by atoms with Gasteiger partial charge in [0.05, 0.1) is 11.1 Å². The molecular formula is C24H27F7N2O. The van der Waals surface area contributed by atoms with Crippen LogP contribution in [0.4, 0.5) is 30.7 Å². The summed E-state index contributed by atoms with van der Waals surface area (Å²) in [6, 6.07) is 6.75. The van der Waals surface area contributed by atoms with E-state index in [0.717, 1.165) is 19.4 Å². The molecule has 1 aliphatic carbocycles. The lowest BCUT2D eigenvalue weighted by molar-refractivity contribution is -0.143. The number of benzene rings is 2. The molecule has 0 saturated heterocycles. The van der Waals surface area contributed by atoms with Crippen LogP contribution in [0.25, 0.3) is 0 Å². The maximum Gasteiger partial charge on any atom is 0.416 e. The molecule has 1 aliphatic rings. The average Bonchev–Trinajstić information content (AvgIpc) is 2.78. The van der Waals surface area contributed by atoms with E-state index in [1.165, 1.54) is 31.2 Å². The van der Waals surface area contributed by atoms with Crippen LogP contribution in [0.1, 0.15) is 66.8 Å². The number of hydrogen-bond acceptors (Lipinski definition) is 3. The standard InChI is InChI=1S/C14H20FN.C10H7F6NO/c1-16-10-11-3-2-4-13(9-11)12-5-7-14(15)8-6-12;1-5(17-18)6-2-7(9(11,12)13)4-8(3-6)10(14,15)16/h5-8,11,13,16H,2-4,9-10H2,1H3;2-5H,1H3/t11-,13?;/m1./s1. The second-order valence-corrected chi connectivity index (χ2v) is 8.46. The molecule has 10 heteroatoms. The first-order valence-electron chi connectivity index (χ1n) is 10.9. The summed E-state index contributed by atoms with van der Waals surface area (Å²) in [6.45, 7) is 2.22. The van der Waals surface area contributed by atoms with Gasteiger partial charge in [0.25, 0.3) is 0 Å². The van der Waals surface area contributed by atoms with E-state index in [1.807, 2.05) is 19.2 Å². The molecule has 188 valence electrons. The fourth-order valence-electron chi connectivity index (χ4n) is 4.08. The van der Waals surface area contributed by atoms with Crippen LogP contribution in [0.5, 0.6) is 0 Å². The van der Waals surface area contributed by atoms with Crippen molar-refractivity contribution in [2.24, 2.45) is 11.1 Å². The molecule has 2 unspecified atom stereocenters. The van der Waals surface area contributed by atoms with E-state index in [4.69, 9.17) is 0 Å². The van der Waals surface area contributed by atoms with Crippen LogP contribution in [-0.2, 0) is 12.4 Å². The van der Waals surface area contributed by atoms with Crippen molar-refractivity contribution in [1.29, 1.82) is 0 Å². The SMILES string of the molecule is CC(N=O)c1cc(C(F)(F)F)cc(C(F)(F)F)c1.CNC[C@@H]1CCCC(c2ccc(F)cc2)C1. The van der Waals surface area contributed by atoms with Crippen molar-refractivity contribution in [1.82, 2.24) is 5.32 Å². The van der Waals surface area contributed by atoms with Crippen LogP contribution in [0.3, 0.4) is 0 Å². The minimum absolute atomic E-state index is 0.00101. The van der Waals surface area contributed by atoms with Gasteiger partial charge in [0.2, 0.25) is 0 Å². The fourth-order valence-corrected chi connectivity index (χ4v) is 4.08. The monoisotopic (exact) mass is 492 g/mol. The van der Waals surface area contributed by atoms with E-state index < -0.39 is 35.1 Å². The predicted octanol–water partition coefficient (Wildman–Crippen LogP) is 7.87. The third-order valence-electron chi connectivity index (χ3n) is 5.87. The highest BCUT2D eigenvalue weighted by Crippen LogP contribution is 2.38. The van der Waals surface area contributed by atoms with E-state index in [0.29, 0.717) is 18.1 Å². The minimum atomic E-state index is -4.92. The first-order valence-corrected chi connectivity index (χ1v) is 10.9. The number of alkyl halides is 6. The molecule has 0 aromatic heterocycles. The van der Waals surface area contributed by atoms with Crippen molar-refractivity contribution in [3.63, 3.8) is 0 Å². The van der Waals surface area contributed by atoms with Gasteiger partial charge in [0, 0.05) is 0 Å². The van der Waals surface area contributed by atoms with Crippen molar-refractivity contribution in [3.8, 4) is 0 Å². The van der Waals surface area contributed by atoms with Crippen LogP contribution in [0.15, 0.2) is 47.6 Å². The summed E-state index contributed by atoms with van der Waals surface area (Å²) in [5.74, 6) is 1.29. The zero-order valence-electron chi connectivity index (χ0n) is 18.8. The Morgan fingerprint density at radius 2 is 1.53 bits per heavy atom. The Hall–Kier alpha value is -2.49. The lowest BCUT2D eigenvalue weighted by atomic mass is 9.78. The molecule has 2 aromatic carbocycles. The zero-order valence-corrected chi connectivity index (χ0v) is 18.8. The molecule has 1 fully saturated rings. The molecule has 0 amide bonds. The number of nitroso groups, excluding NO2 is 1. The molecule has 34 heavy (non-hydrogen) atoms. The second-order valence-electron chi connectivity index (χ2n) is 8.46. The van der Waals surface area contributed by atoms with E-state index in [1.54, 1.807) is 12.1 Å². The Morgan fingerprint density at radius 3 is 2.00 bits per heavy atom. The Morgan fingerprint density at radius 1 is 0.971 bits per heavy atom. The van der Waals surface area contributed by atoms with Gasteiger partial charge in [-0.05, 0) is 93.1 Å². The van der Waals surface area contributed by atoms with E-state index in [9.17, 15) is 35.6 Å². The van der Waals surface area contributed by atoms with Crippen molar-refractivity contribution in [2.75, 3.05) is 13.6 Å². The number of nitrogens with zero attached hydrogens (tertiary/aromatic N) is 1.